The van der Waals surface area contributed by atoms with Crippen LogP contribution in [0, 0.1) is 11.3 Å². The number of hydrogen-bond donors (Lipinski definition) is 0. The Labute approximate surface area is 160 Å². The molecule has 148 valence electrons. The summed E-state index contributed by atoms with van der Waals surface area (Å²) in [6.07, 6.45) is 4.79. The zero-order chi connectivity index (χ0) is 19.4. The minimum absolute atomic E-state index is 0.0397. The van der Waals surface area contributed by atoms with E-state index in [-0.39, 0.29) is 23.1 Å². The van der Waals surface area contributed by atoms with Crippen molar-refractivity contribution in [1.82, 2.24) is 14.8 Å². The summed E-state index contributed by atoms with van der Waals surface area (Å²) in [6.45, 7) is 7.81. The summed E-state index contributed by atoms with van der Waals surface area (Å²) >= 11 is 0. The molecule has 2 aliphatic rings. The Balaban J connectivity index is 1.73. The van der Waals surface area contributed by atoms with Gasteiger partial charge in [-0.15, -0.1) is 0 Å². The van der Waals surface area contributed by atoms with Gasteiger partial charge in [-0.2, -0.15) is 0 Å². The van der Waals surface area contributed by atoms with E-state index in [0.717, 1.165) is 25.9 Å². The normalized spacial score (nSPS) is 21.7. The lowest BCUT2D eigenvalue weighted by Gasteiger charge is -2.41. The maximum atomic E-state index is 12.9. The number of hydrogen-bond acceptors (Lipinski definition) is 5. The molecule has 1 unspecified atom stereocenters. The molecule has 3 rings (SSSR count). The highest BCUT2D eigenvalue weighted by Crippen LogP contribution is 2.45. The number of carbonyl (C=O) groups is 2. The number of amides is 2. The molecule has 0 aromatic carbocycles. The second kappa shape index (κ2) is 8.25. The smallest absolute Gasteiger partial charge is 0.257 e. The molecule has 0 aliphatic carbocycles. The van der Waals surface area contributed by atoms with E-state index in [1.165, 1.54) is 0 Å². The Hall–Kier alpha value is -2.15. The predicted octanol–water partition coefficient (Wildman–Crippen LogP) is 1.83. The van der Waals surface area contributed by atoms with E-state index in [2.05, 4.69) is 4.98 Å². The molecule has 1 atom stereocenters. The molecule has 0 N–H and O–H groups in total. The molecule has 2 aliphatic heterocycles. The molecule has 2 saturated heterocycles. The summed E-state index contributed by atoms with van der Waals surface area (Å²) in [5, 5.41) is 0. The topological polar surface area (TPSA) is 72.0 Å². The highest BCUT2D eigenvalue weighted by atomic mass is 16.5. The van der Waals surface area contributed by atoms with Crippen molar-refractivity contribution in [2.24, 2.45) is 11.3 Å². The third kappa shape index (κ3) is 3.65. The zero-order valence-electron chi connectivity index (χ0n) is 16.4. The van der Waals surface area contributed by atoms with Crippen LogP contribution in [0.15, 0.2) is 18.5 Å². The summed E-state index contributed by atoms with van der Waals surface area (Å²) in [4.78, 5) is 33.5. The maximum absolute atomic E-state index is 12.9. The zero-order valence-corrected chi connectivity index (χ0v) is 16.4. The third-order valence-corrected chi connectivity index (χ3v) is 6.01. The Morgan fingerprint density at radius 2 is 2.07 bits per heavy atom. The fourth-order valence-corrected chi connectivity index (χ4v) is 4.35. The number of rotatable bonds is 6. The van der Waals surface area contributed by atoms with Crippen molar-refractivity contribution in [3.63, 3.8) is 0 Å². The van der Waals surface area contributed by atoms with Gasteiger partial charge in [-0.3, -0.25) is 14.6 Å². The van der Waals surface area contributed by atoms with Crippen LogP contribution >= 0.6 is 0 Å². The number of aromatic nitrogens is 1. The van der Waals surface area contributed by atoms with Crippen LogP contribution in [0.2, 0.25) is 0 Å². The van der Waals surface area contributed by atoms with Crippen molar-refractivity contribution in [2.45, 2.75) is 26.7 Å². The highest BCUT2D eigenvalue weighted by Gasteiger charge is 2.53. The largest absolute Gasteiger partial charge is 0.494 e. The molecule has 2 fully saturated rings. The molecule has 3 heterocycles. The Bertz CT molecular complexity index is 686. The molecule has 0 radical (unpaired) electrons. The molecule has 1 aromatic rings. The van der Waals surface area contributed by atoms with Crippen LogP contribution in [0.4, 0.5) is 0 Å². The summed E-state index contributed by atoms with van der Waals surface area (Å²) in [6, 6.07) is 1.70. The number of likely N-dealkylation sites (tertiary alicyclic amines) is 2. The average molecular weight is 375 g/mol. The van der Waals surface area contributed by atoms with Gasteiger partial charge in [0.1, 0.15) is 5.75 Å². The number of piperidine rings is 1. The number of pyridine rings is 1. The Morgan fingerprint density at radius 3 is 2.70 bits per heavy atom. The molecular formula is C20H29N3O4. The second-order valence-electron chi connectivity index (χ2n) is 7.29. The van der Waals surface area contributed by atoms with Crippen LogP contribution in [0.3, 0.4) is 0 Å². The van der Waals surface area contributed by atoms with Gasteiger partial charge >= 0.3 is 0 Å². The van der Waals surface area contributed by atoms with Crippen LogP contribution in [-0.2, 0) is 9.53 Å². The quantitative estimate of drug-likeness (QED) is 0.759. The lowest BCUT2D eigenvalue weighted by Crippen LogP contribution is -2.47. The minimum Gasteiger partial charge on any atom is -0.494 e. The number of nitrogens with zero attached hydrogens (tertiary/aromatic N) is 3. The molecule has 0 saturated carbocycles. The number of carbonyl (C=O) groups excluding carboxylic acids is 2. The van der Waals surface area contributed by atoms with E-state index in [1.54, 1.807) is 25.6 Å². The SMILES string of the molecule is CCOCC1C(=O)N(CC)CC12CCN(C(=O)c1ccncc1OC)CC2. The van der Waals surface area contributed by atoms with Crippen LogP contribution < -0.4 is 4.74 Å². The van der Waals surface area contributed by atoms with Gasteiger partial charge in [0, 0.05) is 44.4 Å². The van der Waals surface area contributed by atoms with Crippen molar-refractivity contribution in [2.75, 3.05) is 46.5 Å². The molecule has 1 spiro atoms. The Kier molecular flexibility index (Phi) is 5.99. The van der Waals surface area contributed by atoms with Crippen molar-refractivity contribution in [3.05, 3.63) is 24.0 Å². The molecule has 27 heavy (non-hydrogen) atoms. The predicted molar refractivity (Wildman–Crippen MR) is 101 cm³/mol. The van der Waals surface area contributed by atoms with Crippen molar-refractivity contribution >= 4 is 11.8 Å². The highest BCUT2D eigenvalue weighted by molar-refractivity contribution is 5.96. The van der Waals surface area contributed by atoms with Gasteiger partial charge in [-0.1, -0.05) is 0 Å². The average Bonchev–Trinajstić information content (AvgIpc) is 2.97. The van der Waals surface area contributed by atoms with Gasteiger partial charge in [0.05, 0.1) is 31.4 Å². The molecule has 0 bridgehead atoms. The molecule has 2 amide bonds. The van der Waals surface area contributed by atoms with Crippen molar-refractivity contribution in [3.8, 4) is 5.75 Å². The van der Waals surface area contributed by atoms with Crippen LogP contribution in [-0.4, -0.2) is 73.1 Å². The summed E-state index contributed by atoms with van der Waals surface area (Å²) in [5.74, 6) is 0.541. The first kappa shape index (κ1) is 19.6. The fourth-order valence-electron chi connectivity index (χ4n) is 4.35. The first-order valence-corrected chi connectivity index (χ1v) is 9.70. The van der Waals surface area contributed by atoms with Crippen LogP contribution in [0.5, 0.6) is 5.75 Å². The van der Waals surface area contributed by atoms with Gasteiger partial charge < -0.3 is 19.3 Å². The third-order valence-electron chi connectivity index (χ3n) is 6.01. The first-order valence-electron chi connectivity index (χ1n) is 9.70. The van der Waals surface area contributed by atoms with Gasteiger partial charge in [0.25, 0.3) is 5.91 Å². The van der Waals surface area contributed by atoms with Gasteiger partial charge in [0.15, 0.2) is 0 Å². The van der Waals surface area contributed by atoms with E-state index >= 15 is 0 Å². The summed E-state index contributed by atoms with van der Waals surface area (Å²) in [5.41, 5.74) is 0.438. The van der Waals surface area contributed by atoms with Crippen LogP contribution in [0.1, 0.15) is 37.0 Å². The van der Waals surface area contributed by atoms with Gasteiger partial charge in [-0.05, 0) is 32.8 Å². The molecule has 1 aromatic heterocycles. The molecule has 7 nitrogen and oxygen atoms in total. The lowest BCUT2D eigenvalue weighted by molar-refractivity contribution is -0.133. The summed E-state index contributed by atoms with van der Waals surface area (Å²) in [7, 11) is 1.54. The maximum Gasteiger partial charge on any atom is 0.257 e. The number of ether oxygens (including phenoxy) is 2. The number of methoxy groups -OCH3 is 1. The van der Waals surface area contributed by atoms with E-state index in [1.807, 2.05) is 23.6 Å². The van der Waals surface area contributed by atoms with Crippen LogP contribution in [0.25, 0.3) is 0 Å². The molecule has 7 heteroatoms. The first-order chi connectivity index (χ1) is 13.1. The second-order valence-corrected chi connectivity index (χ2v) is 7.29. The Morgan fingerprint density at radius 1 is 1.33 bits per heavy atom. The van der Waals surface area contributed by atoms with Gasteiger partial charge in [-0.25, -0.2) is 0 Å². The molecular weight excluding hydrogens is 346 g/mol. The lowest BCUT2D eigenvalue weighted by atomic mass is 9.71. The monoisotopic (exact) mass is 375 g/mol. The van der Waals surface area contributed by atoms with E-state index < -0.39 is 0 Å². The summed E-state index contributed by atoms with van der Waals surface area (Å²) < 4.78 is 10.9. The minimum atomic E-state index is -0.106. The van der Waals surface area contributed by atoms with E-state index in [4.69, 9.17) is 9.47 Å². The van der Waals surface area contributed by atoms with E-state index in [0.29, 0.717) is 37.6 Å². The van der Waals surface area contributed by atoms with Crippen molar-refractivity contribution in [1.29, 1.82) is 0 Å². The van der Waals surface area contributed by atoms with Crippen molar-refractivity contribution < 1.29 is 19.1 Å². The van der Waals surface area contributed by atoms with E-state index in [9.17, 15) is 9.59 Å². The fraction of sp³-hybridized carbons (Fsp3) is 0.650. The van der Waals surface area contributed by atoms with Gasteiger partial charge in [0.2, 0.25) is 5.91 Å². The standard InChI is InChI=1S/C20H29N3O4/c1-4-22-14-20(16(19(22)25)13-27-5-2)7-10-23(11-8-20)18(24)15-6-9-21-12-17(15)26-3/h6,9,12,16H,4-5,7-8,10-11,13-14H2,1-3H3.